The summed E-state index contributed by atoms with van der Waals surface area (Å²) >= 11 is 0. The maximum atomic E-state index is 13.6. The van der Waals surface area contributed by atoms with Crippen LogP contribution < -0.4 is 4.72 Å². The number of nitriles is 2. The van der Waals surface area contributed by atoms with E-state index in [1.807, 2.05) is 0 Å². The van der Waals surface area contributed by atoms with E-state index in [0.29, 0.717) is 0 Å². The minimum Gasteiger partial charge on any atom is -0.274 e. The Bertz CT molecular complexity index is 914. The number of sulfonamides is 1. The van der Waals surface area contributed by atoms with E-state index in [1.54, 1.807) is 0 Å². The van der Waals surface area contributed by atoms with Crippen molar-refractivity contribution < 1.29 is 61.1 Å². The first-order valence-electron chi connectivity index (χ1n) is 5.90. The number of hydrogen-bond donors (Lipinski definition) is 1. The van der Waals surface area contributed by atoms with Crippen LogP contribution in [0.15, 0.2) is 0 Å². The van der Waals surface area contributed by atoms with E-state index in [2.05, 4.69) is 0 Å². The molecule has 0 atom stereocenters. The van der Waals surface area contributed by atoms with Crippen LogP contribution >= 0.6 is 0 Å². The molecule has 19 heteroatoms. The quantitative estimate of drug-likeness (QED) is 0.549. The van der Waals surface area contributed by atoms with Gasteiger partial charge in [-0.1, -0.05) is 0 Å². The maximum Gasteiger partial charge on any atom is 0.433 e. The van der Waals surface area contributed by atoms with Gasteiger partial charge in [-0.2, -0.15) is 58.5 Å². The number of carbonyl (C=O) groups excluding carboxylic acids is 1. The standard InChI is InChI=1S/C9H4F9N3O5S2/c10-6(11,12)1-5(22)21-28(25,26)9(17,18)7(13,14)8(15,16)27(23,24)4(2-19)3-20/h4H,1H2,(H,21,22). The normalized spacial score (nSPS) is 14.3. The van der Waals surface area contributed by atoms with Crippen molar-refractivity contribution >= 4 is 25.8 Å². The molecule has 1 N–H and O–H groups in total. The first kappa shape index (κ1) is 25.7. The second-order valence-electron chi connectivity index (χ2n) is 4.61. The van der Waals surface area contributed by atoms with Gasteiger partial charge in [0, 0.05) is 0 Å². The molecule has 28 heavy (non-hydrogen) atoms. The summed E-state index contributed by atoms with van der Waals surface area (Å²) in [5.41, 5.74) is 0. The van der Waals surface area contributed by atoms with E-state index in [4.69, 9.17) is 10.5 Å². The van der Waals surface area contributed by atoms with Crippen molar-refractivity contribution in [1.82, 2.24) is 4.72 Å². The van der Waals surface area contributed by atoms with Gasteiger partial charge in [0.25, 0.3) is 9.84 Å². The number of rotatable bonds is 7. The topological polar surface area (TPSA) is 145 Å². The van der Waals surface area contributed by atoms with Crippen LogP contribution in [0.5, 0.6) is 0 Å². The van der Waals surface area contributed by atoms with Gasteiger partial charge in [-0.05, 0) is 0 Å². The van der Waals surface area contributed by atoms with Crippen LogP contribution in [0.2, 0.25) is 0 Å². The third-order valence-corrected chi connectivity index (χ3v) is 5.81. The van der Waals surface area contributed by atoms with Gasteiger partial charge >= 0.3 is 32.6 Å². The van der Waals surface area contributed by atoms with E-state index in [9.17, 15) is 61.1 Å². The van der Waals surface area contributed by atoms with Gasteiger partial charge in [0.2, 0.25) is 11.2 Å². The highest BCUT2D eigenvalue weighted by molar-refractivity contribution is 7.94. The third kappa shape index (κ3) is 4.24. The largest absolute Gasteiger partial charge is 0.433 e. The Hall–Kier alpha value is -2.28. The van der Waals surface area contributed by atoms with E-state index >= 15 is 0 Å². The highest BCUT2D eigenvalue weighted by Gasteiger charge is 2.82. The molecule has 0 aliphatic heterocycles. The third-order valence-electron chi connectivity index (χ3n) is 2.58. The molecule has 160 valence electrons. The molecule has 0 unspecified atom stereocenters. The summed E-state index contributed by atoms with van der Waals surface area (Å²) in [4.78, 5) is 10.7. The van der Waals surface area contributed by atoms with E-state index in [0.717, 1.165) is 0 Å². The fourth-order valence-electron chi connectivity index (χ4n) is 1.26. The second kappa shape index (κ2) is 7.28. The molecule has 0 fully saturated rings. The summed E-state index contributed by atoms with van der Waals surface area (Å²) in [5, 5.41) is -1.55. The zero-order valence-corrected chi connectivity index (χ0v) is 14.1. The first-order chi connectivity index (χ1) is 12.1. The zero-order chi connectivity index (χ0) is 23.0. The van der Waals surface area contributed by atoms with Gasteiger partial charge in [0.1, 0.15) is 6.42 Å². The molecule has 0 bridgehead atoms. The monoisotopic (exact) mass is 469 g/mol. The molecule has 0 aliphatic carbocycles. The molecule has 0 saturated carbocycles. The van der Waals surface area contributed by atoms with Crippen molar-refractivity contribution in [3.05, 3.63) is 0 Å². The van der Waals surface area contributed by atoms with E-state index < -0.39 is 60.0 Å². The van der Waals surface area contributed by atoms with Crippen molar-refractivity contribution in [2.24, 2.45) is 0 Å². The molecular formula is C9H4F9N3O5S2. The lowest BCUT2D eigenvalue weighted by Crippen LogP contribution is -2.64. The number of nitrogens with zero attached hydrogens (tertiary/aromatic N) is 2. The van der Waals surface area contributed by atoms with Gasteiger partial charge < -0.3 is 0 Å². The minimum absolute atomic E-state index is 0.235. The summed E-state index contributed by atoms with van der Waals surface area (Å²) in [5.74, 6) is -10.3. The molecule has 0 aromatic rings. The van der Waals surface area contributed by atoms with Crippen LogP contribution in [0, 0.1) is 22.7 Å². The summed E-state index contributed by atoms with van der Waals surface area (Å²) in [7, 11) is -14.5. The fraction of sp³-hybridized carbons (Fsp3) is 0.667. The molecule has 0 rings (SSSR count). The SMILES string of the molecule is N#CC(C#N)S(=O)(=O)C(F)(F)C(F)(F)C(F)(F)S(=O)(=O)NC(=O)CC(F)(F)F. The van der Waals surface area contributed by atoms with E-state index in [-0.39, 0.29) is 16.9 Å². The Morgan fingerprint density at radius 1 is 0.857 bits per heavy atom. The van der Waals surface area contributed by atoms with Crippen LogP contribution in [0.1, 0.15) is 6.42 Å². The predicted octanol–water partition coefficient (Wildman–Crippen LogP) is 1.04. The summed E-state index contributed by atoms with van der Waals surface area (Å²) in [6, 6.07) is 0.534. The summed E-state index contributed by atoms with van der Waals surface area (Å²) < 4.78 is 161. The van der Waals surface area contributed by atoms with Crippen LogP contribution in [0.3, 0.4) is 0 Å². The van der Waals surface area contributed by atoms with Crippen molar-refractivity contribution in [1.29, 1.82) is 10.5 Å². The van der Waals surface area contributed by atoms with Gasteiger partial charge in [-0.15, -0.1) is 0 Å². The minimum atomic E-state index is -7.44. The lowest BCUT2D eigenvalue weighted by atomic mass is 10.3. The molecule has 1 amide bonds. The summed E-state index contributed by atoms with van der Waals surface area (Å²) in [6.45, 7) is 0. The molecular weight excluding hydrogens is 465 g/mol. The van der Waals surface area contributed by atoms with E-state index in [1.165, 1.54) is 0 Å². The molecule has 0 heterocycles. The number of halogens is 9. The average molecular weight is 469 g/mol. The van der Waals surface area contributed by atoms with Crippen LogP contribution in [-0.2, 0) is 24.7 Å². The fourth-order valence-corrected chi connectivity index (χ4v) is 3.35. The number of hydrogen-bond acceptors (Lipinski definition) is 7. The van der Waals surface area contributed by atoms with Gasteiger partial charge in [0.15, 0.2) is 0 Å². The Balaban J connectivity index is 6.29. The molecule has 0 aromatic heterocycles. The van der Waals surface area contributed by atoms with Crippen molar-refractivity contribution in [2.75, 3.05) is 0 Å². The van der Waals surface area contributed by atoms with Crippen LogP contribution in [-0.4, -0.2) is 50.6 Å². The van der Waals surface area contributed by atoms with Gasteiger partial charge in [-0.3, -0.25) is 4.79 Å². The van der Waals surface area contributed by atoms with Gasteiger partial charge in [0.05, 0.1) is 12.1 Å². The Kier molecular flexibility index (Phi) is 6.68. The lowest BCUT2D eigenvalue weighted by Gasteiger charge is -2.31. The molecule has 0 aromatic carbocycles. The van der Waals surface area contributed by atoms with Crippen LogP contribution in [0.4, 0.5) is 39.5 Å². The average Bonchev–Trinajstić information content (AvgIpc) is 2.44. The maximum absolute atomic E-state index is 13.6. The zero-order valence-electron chi connectivity index (χ0n) is 12.4. The molecule has 0 saturated heterocycles. The Morgan fingerprint density at radius 3 is 1.57 bits per heavy atom. The molecule has 0 radical (unpaired) electrons. The predicted molar refractivity (Wildman–Crippen MR) is 66.5 cm³/mol. The Morgan fingerprint density at radius 2 is 1.25 bits per heavy atom. The van der Waals surface area contributed by atoms with Crippen molar-refractivity contribution in [3.63, 3.8) is 0 Å². The first-order valence-corrected chi connectivity index (χ1v) is 8.93. The number of sulfone groups is 1. The lowest BCUT2D eigenvalue weighted by molar-refractivity contribution is -0.244. The van der Waals surface area contributed by atoms with Gasteiger partial charge in [-0.25, -0.2) is 13.1 Å². The number of carbonyl (C=O) groups is 1. The van der Waals surface area contributed by atoms with Crippen molar-refractivity contribution in [2.45, 2.75) is 34.3 Å². The molecule has 8 nitrogen and oxygen atoms in total. The highest BCUT2D eigenvalue weighted by atomic mass is 32.2. The second-order valence-corrected chi connectivity index (χ2v) is 8.41. The molecule has 0 spiro atoms. The Labute approximate surface area is 149 Å². The number of amides is 1. The summed E-state index contributed by atoms with van der Waals surface area (Å²) in [6.07, 6.45) is -8.31. The molecule has 0 aliphatic rings. The highest BCUT2D eigenvalue weighted by Crippen LogP contribution is 2.51. The smallest absolute Gasteiger partial charge is 0.274 e. The van der Waals surface area contributed by atoms with Crippen LogP contribution in [0.25, 0.3) is 0 Å². The number of nitrogens with one attached hydrogen (secondary N) is 1. The number of alkyl halides is 9. The van der Waals surface area contributed by atoms with Crippen molar-refractivity contribution in [3.8, 4) is 12.1 Å².